The predicted octanol–water partition coefficient (Wildman–Crippen LogP) is 1.09. The molecule has 0 saturated carbocycles. The highest BCUT2D eigenvalue weighted by molar-refractivity contribution is 7.07. The van der Waals surface area contributed by atoms with Gasteiger partial charge in [0.1, 0.15) is 27.6 Å². The highest BCUT2D eigenvalue weighted by Crippen LogP contribution is 2.15. The molecule has 0 saturated heterocycles. The van der Waals surface area contributed by atoms with Crippen molar-refractivity contribution >= 4 is 34.4 Å². The summed E-state index contributed by atoms with van der Waals surface area (Å²) >= 11 is 0.978. The number of amides is 1. The molecule has 0 aliphatic carbocycles. The number of nitrogens with zero attached hydrogens (tertiary/aromatic N) is 3. The molecule has 0 spiro atoms. The van der Waals surface area contributed by atoms with E-state index in [1.807, 2.05) is 48.6 Å². The van der Waals surface area contributed by atoms with E-state index in [4.69, 9.17) is 4.74 Å². The van der Waals surface area contributed by atoms with Crippen LogP contribution in [-0.4, -0.2) is 55.6 Å². The number of alkyl halides is 2. The average Bonchev–Trinajstić information content (AvgIpc) is 3.10. The summed E-state index contributed by atoms with van der Waals surface area (Å²) in [6, 6.07) is 8.91. The molecule has 2 N–H and O–H groups in total. The van der Waals surface area contributed by atoms with Crippen LogP contribution in [0.1, 0.15) is 6.92 Å². The first-order chi connectivity index (χ1) is 16.2. The monoisotopic (exact) mass is 489 g/mol. The summed E-state index contributed by atoms with van der Waals surface area (Å²) in [5.41, 5.74) is 5.31. The minimum atomic E-state index is -2.75. The van der Waals surface area contributed by atoms with E-state index in [2.05, 4.69) is 16.8 Å². The first kappa shape index (κ1) is 26.6. The second-order valence-corrected chi connectivity index (χ2v) is 8.11. The number of ether oxygens (including phenoxy) is 1. The fraction of sp³-hybridized carbons (Fsp3) is 0.348. The fourth-order valence-electron chi connectivity index (χ4n) is 2.56. The Balaban J connectivity index is 2.29. The molecule has 0 radical (unpaired) electrons. The van der Waals surface area contributed by atoms with E-state index in [1.54, 1.807) is 13.0 Å². The zero-order valence-electron chi connectivity index (χ0n) is 19.0. The van der Waals surface area contributed by atoms with Gasteiger partial charge in [0.25, 0.3) is 17.9 Å². The van der Waals surface area contributed by atoms with Gasteiger partial charge in [-0.15, -0.1) is 0 Å². The number of hydrogen-bond donors (Lipinski definition) is 2. The van der Waals surface area contributed by atoms with E-state index in [-0.39, 0.29) is 21.3 Å². The molecular weight excluding hydrogens is 464 g/mol. The molecule has 1 amide bonds. The molecule has 0 aliphatic heterocycles. The lowest BCUT2D eigenvalue weighted by Gasteiger charge is -2.11. The number of anilines is 1. The normalized spacial score (nSPS) is 10.3. The van der Waals surface area contributed by atoms with Crippen LogP contribution in [0.4, 0.5) is 14.5 Å². The molecule has 11 heteroatoms. The minimum Gasteiger partial charge on any atom is -0.492 e. The average molecular weight is 490 g/mol. The van der Waals surface area contributed by atoms with Gasteiger partial charge in [-0.2, -0.15) is 5.26 Å². The quantitative estimate of drug-likeness (QED) is 0.383. The smallest absolute Gasteiger partial charge is 0.277 e. The van der Waals surface area contributed by atoms with E-state index >= 15 is 0 Å². The standard InChI is InChI=1S/C23H25F2N5O3S/c1-4-30-21(13-16(14-26)22(31)28-15-20(24)25)34-19(23(30)32)9-10-27-17-5-7-18(8-6-17)33-12-11-29(2)3/h5-8,10,20,27H,4,11-12,15H2,1-3H3,(H,28,31). The van der Waals surface area contributed by atoms with E-state index < -0.39 is 24.5 Å². The minimum absolute atomic E-state index is 0.214. The van der Waals surface area contributed by atoms with Crippen LogP contribution in [0.5, 0.6) is 5.75 Å². The largest absolute Gasteiger partial charge is 0.492 e. The number of thiazole rings is 1. The number of benzene rings is 1. The number of nitriles is 1. The van der Waals surface area contributed by atoms with Crippen LogP contribution in [-0.2, 0) is 11.3 Å². The van der Waals surface area contributed by atoms with E-state index in [0.717, 1.165) is 29.3 Å². The molecular formula is C23H25F2N5O3S. The maximum absolute atomic E-state index is 12.6. The number of nitrogens with one attached hydrogen (secondary N) is 2. The number of halogens is 2. The Labute approximate surface area is 199 Å². The first-order valence-corrected chi connectivity index (χ1v) is 11.1. The molecule has 1 aromatic carbocycles. The number of carbonyl (C=O) groups excluding carboxylic acids is 1. The summed E-state index contributed by atoms with van der Waals surface area (Å²) < 4.78 is 32.0. The summed E-state index contributed by atoms with van der Waals surface area (Å²) in [5, 5.41) is 14.2. The van der Waals surface area contributed by atoms with Gasteiger partial charge >= 0.3 is 0 Å². The number of likely N-dealkylation sites (N-methyl/N-ethyl adjacent to an activating group) is 1. The highest BCUT2D eigenvalue weighted by atomic mass is 32.1. The van der Waals surface area contributed by atoms with E-state index in [1.165, 1.54) is 10.8 Å². The molecule has 0 bridgehead atoms. The molecule has 2 rings (SSSR count). The zero-order valence-corrected chi connectivity index (χ0v) is 19.8. The van der Waals surface area contributed by atoms with Crippen LogP contribution in [0.3, 0.4) is 0 Å². The maximum Gasteiger partial charge on any atom is 0.277 e. The van der Waals surface area contributed by atoms with Crippen LogP contribution >= 0.6 is 11.3 Å². The summed E-state index contributed by atoms with van der Waals surface area (Å²) in [6.45, 7) is 2.48. The molecule has 1 aromatic heterocycles. The number of hydrogen-bond acceptors (Lipinski definition) is 7. The van der Waals surface area contributed by atoms with Gasteiger partial charge in [-0.3, -0.25) is 14.2 Å². The van der Waals surface area contributed by atoms with Crippen molar-refractivity contribution in [2.75, 3.05) is 39.1 Å². The van der Waals surface area contributed by atoms with Gasteiger partial charge in [-0.05, 0) is 45.3 Å². The Morgan fingerprint density at radius 1 is 1.32 bits per heavy atom. The van der Waals surface area contributed by atoms with Crippen LogP contribution in [0, 0.1) is 11.3 Å². The Morgan fingerprint density at radius 2 is 2.03 bits per heavy atom. The summed E-state index contributed by atoms with van der Waals surface area (Å²) in [6.07, 6.45) is -1.27. The third kappa shape index (κ3) is 8.03. The second kappa shape index (κ2) is 13.1. The van der Waals surface area contributed by atoms with Crippen molar-refractivity contribution < 1.29 is 18.3 Å². The summed E-state index contributed by atoms with van der Waals surface area (Å²) in [4.78, 5) is 26.6. The Hall–Kier alpha value is -3.67. The third-order valence-electron chi connectivity index (χ3n) is 4.29. The predicted molar refractivity (Wildman–Crippen MR) is 127 cm³/mol. The third-order valence-corrected chi connectivity index (χ3v) is 5.30. The van der Waals surface area contributed by atoms with Crippen molar-refractivity contribution in [3.05, 3.63) is 55.6 Å². The van der Waals surface area contributed by atoms with Crippen LogP contribution in [0.15, 0.2) is 40.8 Å². The van der Waals surface area contributed by atoms with Gasteiger partial charge in [0.2, 0.25) is 0 Å². The molecule has 0 fully saturated rings. The van der Waals surface area contributed by atoms with Gasteiger partial charge in [-0.1, -0.05) is 22.8 Å². The second-order valence-electron chi connectivity index (χ2n) is 7.11. The van der Waals surface area contributed by atoms with Crippen molar-refractivity contribution in [3.8, 4) is 11.8 Å². The molecule has 0 unspecified atom stereocenters. The van der Waals surface area contributed by atoms with Crippen LogP contribution in [0.25, 0.3) is 11.5 Å². The van der Waals surface area contributed by atoms with Gasteiger partial charge in [0, 0.05) is 25.0 Å². The lowest BCUT2D eigenvalue weighted by atomic mass is 10.3. The van der Waals surface area contributed by atoms with Gasteiger partial charge < -0.3 is 20.3 Å². The van der Waals surface area contributed by atoms with Gasteiger partial charge in [-0.25, -0.2) is 8.78 Å². The lowest BCUT2D eigenvalue weighted by molar-refractivity contribution is -0.117. The molecule has 34 heavy (non-hydrogen) atoms. The number of aromatic nitrogens is 1. The van der Waals surface area contributed by atoms with Crippen LogP contribution in [0.2, 0.25) is 0 Å². The van der Waals surface area contributed by atoms with Crippen LogP contribution < -0.4 is 30.1 Å². The van der Waals surface area contributed by atoms with E-state index in [0.29, 0.717) is 6.61 Å². The van der Waals surface area contributed by atoms with Crippen molar-refractivity contribution in [1.29, 1.82) is 5.26 Å². The number of carbonyl (C=O) groups is 1. The van der Waals surface area contributed by atoms with Crippen molar-refractivity contribution in [3.63, 3.8) is 0 Å². The van der Waals surface area contributed by atoms with Crippen molar-refractivity contribution in [1.82, 2.24) is 14.8 Å². The van der Waals surface area contributed by atoms with E-state index in [9.17, 15) is 23.6 Å². The Morgan fingerprint density at radius 3 is 2.62 bits per heavy atom. The summed E-state index contributed by atoms with van der Waals surface area (Å²) in [7, 11) is 3.94. The molecule has 8 nitrogen and oxygen atoms in total. The lowest BCUT2D eigenvalue weighted by Crippen LogP contribution is -2.31. The zero-order chi connectivity index (χ0) is 25.1. The highest BCUT2D eigenvalue weighted by Gasteiger charge is 2.11. The molecule has 0 atom stereocenters. The number of rotatable bonds is 10. The molecule has 0 aliphatic rings. The fourth-order valence-corrected chi connectivity index (χ4v) is 3.54. The van der Waals surface area contributed by atoms with Crippen molar-refractivity contribution in [2.45, 2.75) is 19.9 Å². The first-order valence-electron chi connectivity index (χ1n) is 10.3. The molecule has 1 heterocycles. The Kier molecular flexibility index (Phi) is 10.3. The Bertz CT molecular complexity index is 1280. The molecule has 180 valence electrons. The summed E-state index contributed by atoms with van der Waals surface area (Å²) in [5.74, 6) is -0.245. The van der Waals surface area contributed by atoms with Gasteiger partial charge in [0.05, 0.1) is 6.54 Å². The van der Waals surface area contributed by atoms with Crippen molar-refractivity contribution in [2.24, 2.45) is 0 Å². The maximum atomic E-state index is 12.6. The topological polar surface area (TPSA) is 99.4 Å². The SMILES string of the molecule is CCn1c(=C=C(C#N)C(=O)NCC(F)F)sc(=C=CNc2ccc(OCCN(C)C)cc2)c1=O. The molecule has 2 aromatic rings. The van der Waals surface area contributed by atoms with Gasteiger partial charge in [0.15, 0.2) is 5.57 Å².